The summed E-state index contributed by atoms with van der Waals surface area (Å²) in [6.07, 6.45) is 0.963. The number of methoxy groups -OCH3 is 1. The molecule has 0 bridgehead atoms. The van der Waals surface area contributed by atoms with Crippen LogP contribution in [0.4, 0.5) is 10.5 Å². The highest BCUT2D eigenvalue weighted by Crippen LogP contribution is 2.31. The number of carbonyl (C=O) groups is 1. The Morgan fingerprint density at radius 3 is 3.00 bits per heavy atom. The number of hydrogen-bond donors (Lipinski definition) is 3. The summed E-state index contributed by atoms with van der Waals surface area (Å²) in [6, 6.07) is 4.73. The van der Waals surface area contributed by atoms with Gasteiger partial charge in [-0.25, -0.2) is 4.79 Å². The van der Waals surface area contributed by atoms with Crippen molar-refractivity contribution in [3.05, 3.63) is 23.2 Å². The minimum atomic E-state index is -0.417. The number of anilines is 1. The van der Waals surface area contributed by atoms with Crippen LogP contribution in [0, 0.1) is 0 Å². The lowest BCUT2D eigenvalue weighted by atomic mass is 10.3. The molecule has 6 nitrogen and oxygen atoms in total. The zero-order valence-corrected chi connectivity index (χ0v) is 11.3. The molecule has 1 aromatic rings. The zero-order valence-electron chi connectivity index (χ0n) is 10.5. The number of ether oxygens (including phenoxy) is 1. The number of amides is 2. The summed E-state index contributed by atoms with van der Waals surface area (Å²) < 4.78 is 5.14. The predicted octanol–water partition coefficient (Wildman–Crippen LogP) is 1.82. The van der Waals surface area contributed by atoms with E-state index < -0.39 is 6.03 Å². The Hall–Kier alpha value is -1.95. The third-order valence-electron chi connectivity index (χ3n) is 2.56. The maximum atomic E-state index is 11.8. The van der Waals surface area contributed by atoms with Crippen molar-refractivity contribution in [2.75, 3.05) is 25.5 Å². The van der Waals surface area contributed by atoms with Crippen molar-refractivity contribution in [3.8, 4) is 5.75 Å². The topological polar surface area (TPSA) is 74.8 Å². The van der Waals surface area contributed by atoms with Gasteiger partial charge in [0.2, 0.25) is 0 Å². The Labute approximate surface area is 116 Å². The first-order chi connectivity index (χ1) is 9.20. The molecule has 2 rings (SSSR count). The first kappa shape index (κ1) is 13.5. The number of benzene rings is 1. The lowest BCUT2D eigenvalue weighted by Crippen LogP contribution is -2.45. The second-order valence-corrected chi connectivity index (χ2v) is 4.31. The molecule has 0 atom stereocenters. The zero-order chi connectivity index (χ0) is 13.7. The average molecular weight is 283 g/mol. The Balaban J connectivity index is 2.04. The van der Waals surface area contributed by atoms with Crippen LogP contribution in [-0.2, 0) is 0 Å². The highest BCUT2D eigenvalue weighted by Gasteiger charge is 2.13. The van der Waals surface area contributed by atoms with Crippen LogP contribution in [0.2, 0.25) is 5.02 Å². The van der Waals surface area contributed by atoms with Crippen LogP contribution < -0.4 is 20.7 Å². The van der Waals surface area contributed by atoms with Crippen molar-refractivity contribution in [2.45, 2.75) is 6.42 Å². The number of halogens is 1. The number of nitrogens with one attached hydrogen (secondary N) is 3. The maximum Gasteiger partial charge on any atom is 0.326 e. The normalized spacial score (nSPS) is 14.1. The number of aliphatic imine (C=N–C) groups is 1. The molecule has 7 heteroatoms. The molecule has 0 saturated heterocycles. The summed E-state index contributed by atoms with van der Waals surface area (Å²) in [4.78, 5) is 16.0. The van der Waals surface area contributed by atoms with Gasteiger partial charge < -0.3 is 15.4 Å². The van der Waals surface area contributed by atoms with Crippen LogP contribution >= 0.6 is 11.6 Å². The molecule has 1 aromatic carbocycles. The van der Waals surface area contributed by atoms with Crippen molar-refractivity contribution in [1.29, 1.82) is 0 Å². The number of guanidine groups is 1. The van der Waals surface area contributed by atoms with Gasteiger partial charge in [0.05, 0.1) is 12.1 Å². The fourth-order valence-corrected chi connectivity index (χ4v) is 1.88. The average Bonchev–Trinajstić information content (AvgIpc) is 2.42. The summed E-state index contributed by atoms with van der Waals surface area (Å²) in [5.74, 6) is 0.968. The minimum Gasteiger partial charge on any atom is -0.495 e. The summed E-state index contributed by atoms with van der Waals surface area (Å²) in [7, 11) is 1.52. The van der Waals surface area contributed by atoms with Gasteiger partial charge in [-0.05, 0) is 18.6 Å². The van der Waals surface area contributed by atoms with Gasteiger partial charge in [-0.3, -0.25) is 10.3 Å². The van der Waals surface area contributed by atoms with E-state index in [2.05, 4.69) is 20.9 Å². The molecule has 3 N–H and O–H groups in total. The largest absolute Gasteiger partial charge is 0.495 e. The van der Waals surface area contributed by atoms with Gasteiger partial charge in [0.15, 0.2) is 5.96 Å². The van der Waals surface area contributed by atoms with Crippen LogP contribution in [0.25, 0.3) is 0 Å². The number of urea groups is 1. The van der Waals surface area contributed by atoms with E-state index in [1.807, 2.05) is 0 Å². The molecule has 0 spiro atoms. The molecule has 19 heavy (non-hydrogen) atoms. The van der Waals surface area contributed by atoms with E-state index in [0.29, 0.717) is 29.0 Å². The molecule has 1 aliphatic rings. The number of hydrogen-bond acceptors (Lipinski definition) is 4. The summed E-state index contributed by atoms with van der Waals surface area (Å²) in [5, 5.41) is 8.67. The van der Waals surface area contributed by atoms with Crippen molar-refractivity contribution < 1.29 is 9.53 Å². The van der Waals surface area contributed by atoms with Gasteiger partial charge in [0.1, 0.15) is 11.4 Å². The van der Waals surface area contributed by atoms with Crippen LogP contribution in [0.15, 0.2) is 23.2 Å². The predicted molar refractivity (Wildman–Crippen MR) is 75.1 cm³/mol. The Morgan fingerprint density at radius 1 is 1.47 bits per heavy atom. The SMILES string of the molecule is COc1cccc(Cl)c1NC(=O)NC1=NCCCN1. The molecule has 1 aliphatic heterocycles. The molecule has 0 unspecified atom stereocenters. The second-order valence-electron chi connectivity index (χ2n) is 3.91. The van der Waals surface area contributed by atoms with E-state index in [1.165, 1.54) is 7.11 Å². The minimum absolute atomic E-state index is 0.410. The summed E-state index contributed by atoms with van der Waals surface area (Å²) in [6.45, 7) is 1.51. The van der Waals surface area contributed by atoms with Crippen LogP contribution in [-0.4, -0.2) is 32.2 Å². The molecule has 0 saturated carbocycles. The van der Waals surface area contributed by atoms with Gasteiger partial charge >= 0.3 is 6.03 Å². The Kier molecular flexibility index (Phi) is 4.46. The number of nitrogens with zero attached hydrogens (tertiary/aromatic N) is 1. The lowest BCUT2D eigenvalue weighted by Gasteiger charge is -2.16. The second kappa shape index (κ2) is 6.29. The first-order valence-corrected chi connectivity index (χ1v) is 6.27. The highest BCUT2D eigenvalue weighted by molar-refractivity contribution is 6.34. The third kappa shape index (κ3) is 3.51. The monoisotopic (exact) mass is 282 g/mol. The fraction of sp³-hybridized carbons (Fsp3) is 0.333. The van der Waals surface area contributed by atoms with Crippen molar-refractivity contribution in [2.24, 2.45) is 4.99 Å². The van der Waals surface area contributed by atoms with E-state index in [4.69, 9.17) is 16.3 Å². The van der Waals surface area contributed by atoms with E-state index in [0.717, 1.165) is 13.0 Å². The maximum absolute atomic E-state index is 11.8. The number of para-hydroxylation sites is 1. The number of rotatable bonds is 2. The third-order valence-corrected chi connectivity index (χ3v) is 2.88. The van der Waals surface area contributed by atoms with Crippen molar-refractivity contribution in [3.63, 3.8) is 0 Å². The van der Waals surface area contributed by atoms with Crippen LogP contribution in [0.5, 0.6) is 5.75 Å². The first-order valence-electron chi connectivity index (χ1n) is 5.89. The molecule has 2 amide bonds. The molecular weight excluding hydrogens is 268 g/mol. The molecule has 1 heterocycles. The standard InChI is InChI=1S/C12H15ClN4O2/c1-19-9-5-2-4-8(13)10(9)16-12(18)17-11-14-6-3-7-15-11/h2,4-5H,3,6-7H2,1H3,(H3,14,15,16,17,18). The van der Waals surface area contributed by atoms with Crippen molar-refractivity contribution in [1.82, 2.24) is 10.6 Å². The van der Waals surface area contributed by atoms with E-state index in [1.54, 1.807) is 18.2 Å². The molecule has 0 fully saturated rings. The van der Waals surface area contributed by atoms with Gasteiger partial charge in [-0.2, -0.15) is 0 Å². The Morgan fingerprint density at radius 2 is 2.32 bits per heavy atom. The fourth-order valence-electron chi connectivity index (χ4n) is 1.66. The van der Waals surface area contributed by atoms with Crippen LogP contribution in [0.1, 0.15) is 6.42 Å². The molecule has 102 valence electrons. The van der Waals surface area contributed by atoms with E-state index >= 15 is 0 Å². The van der Waals surface area contributed by atoms with Gasteiger partial charge in [0.25, 0.3) is 0 Å². The molecule has 0 radical (unpaired) electrons. The quantitative estimate of drug-likeness (QED) is 0.774. The molecule has 0 aromatic heterocycles. The highest BCUT2D eigenvalue weighted by atomic mass is 35.5. The molecule has 0 aliphatic carbocycles. The van der Waals surface area contributed by atoms with Crippen molar-refractivity contribution >= 4 is 29.3 Å². The summed E-state index contributed by atoms with van der Waals surface area (Å²) >= 11 is 6.03. The molecular formula is C12H15ClN4O2. The van der Waals surface area contributed by atoms with Crippen LogP contribution in [0.3, 0.4) is 0 Å². The van der Waals surface area contributed by atoms with E-state index in [-0.39, 0.29) is 0 Å². The van der Waals surface area contributed by atoms with Gasteiger partial charge in [-0.1, -0.05) is 17.7 Å². The number of carbonyl (C=O) groups excluding carboxylic acids is 1. The lowest BCUT2D eigenvalue weighted by molar-refractivity contribution is 0.255. The van der Waals surface area contributed by atoms with Gasteiger partial charge in [-0.15, -0.1) is 0 Å². The Bertz CT molecular complexity index is 505. The van der Waals surface area contributed by atoms with E-state index in [9.17, 15) is 4.79 Å². The smallest absolute Gasteiger partial charge is 0.326 e. The summed E-state index contributed by atoms with van der Waals surface area (Å²) in [5.41, 5.74) is 0.431. The van der Waals surface area contributed by atoms with Gasteiger partial charge in [0, 0.05) is 13.1 Å².